The minimum Gasteiger partial charge on any atom is -0.497 e. The molecule has 0 bridgehead atoms. The van der Waals surface area contributed by atoms with Crippen LogP contribution in [-0.4, -0.2) is 32.8 Å². The third kappa shape index (κ3) is 2.71. The van der Waals surface area contributed by atoms with Crippen molar-refractivity contribution in [2.75, 3.05) is 26.1 Å². The summed E-state index contributed by atoms with van der Waals surface area (Å²) in [6.45, 7) is 2.44. The van der Waals surface area contributed by atoms with E-state index in [4.69, 9.17) is 15.2 Å². The summed E-state index contributed by atoms with van der Waals surface area (Å²) in [7, 11) is 2.99. The Kier molecular flexibility index (Phi) is 4.46. The molecule has 1 aromatic heterocycles. The Bertz CT molecular complexity index is 624. The van der Waals surface area contributed by atoms with Crippen LogP contribution in [0.5, 0.6) is 5.75 Å². The first kappa shape index (κ1) is 14.6. The molecule has 1 aromatic carbocycles. The van der Waals surface area contributed by atoms with Gasteiger partial charge in [0.2, 0.25) is 0 Å². The fraction of sp³-hybridized carbons (Fsp3) is 0.357. The van der Waals surface area contributed by atoms with Crippen molar-refractivity contribution in [2.24, 2.45) is 5.73 Å². The lowest BCUT2D eigenvalue weighted by atomic mass is 10.2. The molecular weight excluding hydrogens is 276 g/mol. The number of rotatable bonds is 5. The van der Waals surface area contributed by atoms with Gasteiger partial charge in [-0.05, 0) is 25.1 Å². The topological polar surface area (TPSA) is 73.6 Å². The normalized spacial score (nSPS) is 12.2. The standard InChI is InChI=1S/C14H18N2O3S/c1-8(7-15)16-12-10-6-9(18-2)4-5-11(10)20-13(12)14(17)19-3/h4-6,8,16H,7,15H2,1-3H3/t8-/m1/s1. The average Bonchev–Trinajstić information content (AvgIpc) is 2.84. The van der Waals surface area contributed by atoms with Crippen LogP contribution in [0.25, 0.3) is 10.1 Å². The first-order valence-corrected chi connectivity index (χ1v) is 7.07. The summed E-state index contributed by atoms with van der Waals surface area (Å²) in [5.41, 5.74) is 6.41. The molecule has 108 valence electrons. The number of ether oxygens (including phenoxy) is 2. The van der Waals surface area contributed by atoms with Crippen molar-refractivity contribution >= 4 is 33.1 Å². The van der Waals surface area contributed by atoms with E-state index in [1.54, 1.807) is 7.11 Å². The molecule has 0 aliphatic rings. The molecule has 6 heteroatoms. The lowest BCUT2D eigenvalue weighted by Gasteiger charge is -2.13. The second-order valence-electron chi connectivity index (χ2n) is 4.44. The third-order valence-electron chi connectivity index (χ3n) is 3.01. The molecule has 0 amide bonds. The second kappa shape index (κ2) is 6.11. The number of nitrogens with one attached hydrogen (secondary N) is 1. The highest BCUT2D eigenvalue weighted by atomic mass is 32.1. The number of methoxy groups -OCH3 is 2. The van der Waals surface area contributed by atoms with Gasteiger partial charge in [0, 0.05) is 22.7 Å². The molecule has 1 heterocycles. The highest BCUT2D eigenvalue weighted by Crippen LogP contribution is 2.38. The van der Waals surface area contributed by atoms with Crippen LogP contribution in [0.15, 0.2) is 18.2 Å². The summed E-state index contributed by atoms with van der Waals surface area (Å²) >= 11 is 1.39. The summed E-state index contributed by atoms with van der Waals surface area (Å²) < 4.78 is 11.1. The minimum atomic E-state index is -0.350. The molecule has 20 heavy (non-hydrogen) atoms. The zero-order valence-corrected chi connectivity index (χ0v) is 12.5. The van der Waals surface area contributed by atoms with Gasteiger partial charge in [0.05, 0.1) is 19.9 Å². The van der Waals surface area contributed by atoms with Gasteiger partial charge in [0.15, 0.2) is 0 Å². The highest BCUT2D eigenvalue weighted by molar-refractivity contribution is 7.21. The lowest BCUT2D eigenvalue weighted by Crippen LogP contribution is -2.25. The monoisotopic (exact) mass is 294 g/mol. The van der Waals surface area contributed by atoms with Crippen LogP contribution in [0.1, 0.15) is 16.6 Å². The molecule has 5 nitrogen and oxygen atoms in total. The number of hydrogen-bond donors (Lipinski definition) is 2. The van der Waals surface area contributed by atoms with Crippen molar-refractivity contribution in [3.8, 4) is 5.75 Å². The lowest BCUT2D eigenvalue weighted by molar-refractivity contribution is 0.0607. The van der Waals surface area contributed by atoms with Crippen LogP contribution in [0.2, 0.25) is 0 Å². The molecule has 0 saturated heterocycles. The fourth-order valence-corrected chi connectivity index (χ4v) is 2.95. The molecule has 0 radical (unpaired) electrons. The van der Waals surface area contributed by atoms with E-state index >= 15 is 0 Å². The number of anilines is 1. The zero-order valence-electron chi connectivity index (χ0n) is 11.7. The molecule has 2 rings (SSSR count). The predicted molar refractivity (Wildman–Crippen MR) is 81.9 cm³/mol. The first-order chi connectivity index (χ1) is 9.60. The molecule has 0 spiro atoms. The Morgan fingerprint density at radius 1 is 1.45 bits per heavy atom. The number of esters is 1. The Labute approximate surface area is 121 Å². The van der Waals surface area contributed by atoms with Crippen molar-refractivity contribution in [2.45, 2.75) is 13.0 Å². The fourth-order valence-electron chi connectivity index (χ4n) is 1.89. The Balaban J connectivity index is 2.59. The van der Waals surface area contributed by atoms with Gasteiger partial charge < -0.3 is 20.5 Å². The molecule has 0 aliphatic heterocycles. The van der Waals surface area contributed by atoms with Crippen molar-refractivity contribution < 1.29 is 14.3 Å². The maximum absolute atomic E-state index is 11.9. The van der Waals surface area contributed by atoms with E-state index in [1.165, 1.54) is 18.4 Å². The molecule has 0 unspecified atom stereocenters. The van der Waals surface area contributed by atoms with E-state index in [9.17, 15) is 4.79 Å². The number of thiophene rings is 1. The summed E-state index contributed by atoms with van der Waals surface area (Å²) in [5, 5.41) is 4.22. The molecule has 0 aliphatic carbocycles. The summed E-state index contributed by atoms with van der Waals surface area (Å²) in [6.07, 6.45) is 0. The van der Waals surface area contributed by atoms with Crippen LogP contribution in [0.4, 0.5) is 5.69 Å². The van der Waals surface area contributed by atoms with E-state index < -0.39 is 0 Å². The molecule has 2 aromatic rings. The van der Waals surface area contributed by atoms with E-state index in [0.29, 0.717) is 11.4 Å². The minimum absolute atomic E-state index is 0.0578. The summed E-state index contributed by atoms with van der Waals surface area (Å²) in [5.74, 6) is 0.395. The summed E-state index contributed by atoms with van der Waals surface area (Å²) in [6, 6.07) is 5.77. The quantitative estimate of drug-likeness (QED) is 0.829. The average molecular weight is 294 g/mol. The van der Waals surface area contributed by atoms with Gasteiger partial charge >= 0.3 is 5.97 Å². The zero-order chi connectivity index (χ0) is 14.7. The SMILES string of the molecule is COC(=O)c1sc2ccc(OC)cc2c1N[C@H](C)CN. The molecule has 3 N–H and O–H groups in total. The van der Waals surface area contributed by atoms with Crippen LogP contribution >= 0.6 is 11.3 Å². The van der Waals surface area contributed by atoms with Crippen LogP contribution in [0, 0.1) is 0 Å². The molecular formula is C14H18N2O3S. The summed E-state index contributed by atoms with van der Waals surface area (Å²) in [4.78, 5) is 12.5. The number of carbonyl (C=O) groups excluding carboxylic acids is 1. The van der Waals surface area contributed by atoms with Gasteiger partial charge in [-0.25, -0.2) is 4.79 Å². The smallest absolute Gasteiger partial charge is 0.350 e. The van der Waals surface area contributed by atoms with Crippen LogP contribution in [0.3, 0.4) is 0 Å². The molecule has 1 atom stereocenters. The van der Waals surface area contributed by atoms with E-state index in [1.807, 2.05) is 25.1 Å². The van der Waals surface area contributed by atoms with Gasteiger partial charge in [0.1, 0.15) is 10.6 Å². The first-order valence-electron chi connectivity index (χ1n) is 6.26. The second-order valence-corrected chi connectivity index (χ2v) is 5.49. The predicted octanol–water partition coefficient (Wildman–Crippen LogP) is 2.46. The van der Waals surface area contributed by atoms with Gasteiger partial charge in [-0.3, -0.25) is 0 Å². The maximum Gasteiger partial charge on any atom is 0.350 e. The number of benzene rings is 1. The number of carbonyl (C=O) groups is 1. The highest BCUT2D eigenvalue weighted by Gasteiger charge is 2.20. The third-order valence-corrected chi connectivity index (χ3v) is 4.16. The molecule has 0 fully saturated rings. The van der Waals surface area contributed by atoms with E-state index in [-0.39, 0.29) is 12.0 Å². The largest absolute Gasteiger partial charge is 0.497 e. The van der Waals surface area contributed by atoms with Crippen molar-refractivity contribution in [1.82, 2.24) is 0 Å². The van der Waals surface area contributed by atoms with Gasteiger partial charge in [-0.2, -0.15) is 0 Å². The number of fused-ring (bicyclic) bond motifs is 1. The van der Waals surface area contributed by atoms with Gasteiger partial charge in [-0.15, -0.1) is 11.3 Å². The Hall–Kier alpha value is -1.79. The molecule has 0 saturated carbocycles. The van der Waals surface area contributed by atoms with Gasteiger partial charge in [0.25, 0.3) is 0 Å². The number of hydrogen-bond acceptors (Lipinski definition) is 6. The van der Waals surface area contributed by atoms with Crippen LogP contribution in [-0.2, 0) is 4.74 Å². The van der Waals surface area contributed by atoms with Crippen LogP contribution < -0.4 is 15.8 Å². The van der Waals surface area contributed by atoms with E-state index in [0.717, 1.165) is 21.5 Å². The van der Waals surface area contributed by atoms with E-state index in [2.05, 4.69) is 5.32 Å². The van der Waals surface area contributed by atoms with Crippen molar-refractivity contribution in [1.29, 1.82) is 0 Å². The Morgan fingerprint density at radius 3 is 2.80 bits per heavy atom. The maximum atomic E-state index is 11.9. The van der Waals surface area contributed by atoms with Crippen molar-refractivity contribution in [3.05, 3.63) is 23.1 Å². The Morgan fingerprint density at radius 2 is 2.20 bits per heavy atom. The van der Waals surface area contributed by atoms with Crippen molar-refractivity contribution in [3.63, 3.8) is 0 Å². The number of nitrogens with two attached hydrogens (primary N) is 1. The van der Waals surface area contributed by atoms with Gasteiger partial charge in [-0.1, -0.05) is 0 Å².